The maximum absolute atomic E-state index is 11.2. The third-order valence-electron chi connectivity index (χ3n) is 4.07. The van der Waals surface area contributed by atoms with Crippen LogP contribution < -0.4 is 5.73 Å². The smallest absolute Gasteiger partial charge is 0.320 e. The van der Waals surface area contributed by atoms with E-state index >= 15 is 0 Å². The van der Waals surface area contributed by atoms with Crippen molar-refractivity contribution >= 4 is 11.9 Å². The molecule has 1 fully saturated rings. The summed E-state index contributed by atoms with van der Waals surface area (Å²) in [6.07, 6.45) is 0. The Labute approximate surface area is 130 Å². The highest BCUT2D eigenvalue weighted by Crippen LogP contribution is 2.49. The molecule has 0 saturated heterocycles. The molecule has 1 aromatic heterocycles. The summed E-state index contributed by atoms with van der Waals surface area (Å²) in [5.74, 6) is -3.68. The number of tetrazole rings is 1. The number of nitrogens with zero attached hydrogens (tertiary/aromatic N) is 4. The zero-order valence-corrected chi connectivity index (χ0v) is 12.0. The van der Waals surface area contributed by atoms with Crippen molar-refractivity contribution in [2.75, 3.05) is 0 Å². The Bertz CT molecular complexity index is 732. The maximum Gasteiger partial charge on any atom is 0.320 e. The van der Waals surface area contributed by atoms with Gasteiger partial charge in [0.25, 0.3) is 0 Å². The molecule has 0 aliphatic heterocycles. The third kappa shape index (κ3) is 2.90. The Morgan fingerprint density at radius 1 is 1.26 bits per heavy atom. The molecule has 1 aliphatic rings. The van der Waals surface area contributed by atoms with Crippen LogP contribution >= 0.6 is 0 Å². The molecule has 1 aromatic carbocycles. The van der Waals surface area contributed by atoms with Gasteiger partial charge in [-0.05, 0) is 11.1 Å². The summed E-state index contributed by atoms with van der Waals surface area (Å²) < 4.78 is 0. The molecule has 1 aliphatic carbocycles. The lowest BCUT2D eigenvalue weighted by Gasteiger charge is -2.04. The fourth-order valence-corrected chi connectivity index (χ4v) is 2.85. The largest absolute Gasteiger partial charge is 0.481 e. The molecular formula is C14H15N5O4. The molecule has 9 nitrogen and oxygen atoms in total. The second-order valence-corrected chi connectivity index (χ2v) is 5.50. The Balaban J connectivity index is 1.73. The van der Waals surface area contributed by atoms with E-state index in [4.69, 9.17) is 10.8 Å². The average molecular weight is 317 g/mol. The molecule has 4 N–H and O–H groups in total. The Morgan fingerprint density at radius 3 is 2.57 bits per heavy atom. The van der Waals surface area contributed by atoms with Crippen LogP contribution in [0.1, 0.15) is 0 Å². The maximum atomic E-state index is 11.2. The van der Waals surface area contributed by atoms with Crippen molar-refractivity contribution in [3.8, 4) is 11.4 Å². The fourth-order valence-electron chi connectivity index (χ4n) is 2.85. The van der Waals surface area contributed by atoms with Crippen LogP contribution in [0.25, 0.3) is 11.4 Å². The van der Waals surface area contributed by atoms with E-state index in [1.807, 2.05) is 30.3 Å². The van der Waals surface area contributed by atoms with E-state index in [1.54, 1.807) is 0 Å². The molecule has 0 amide bonds. The van der Waals surface area contributed by atoms with Gasteiger partial charge in [-0.3, -0.25) is 9.59 Å². The molecule has 0 spiro atoms. The van der Waals surface area contributed by atoms with Gasteiger partial charge in [0.1, 0.15) is 6.04 Å². The molecule has 3 rings (SSSR count). The lowest BCUT2D eigenvalue weighted by atomic mass is 10.1. The van der Waals surface area contributed by atoms with Crippen molar-refractivity contribution in [2.45, 2.75) is 12.6 Å². The Hall–Kier alpha value is -2.81. The first-order valence-corrected chi connectivity index (χ1v) is 7.03. The van der Waals surface area contributed by atoms with Gasteiger partial charge in [-0.2, -0.15) is 4.80 Å². The van der Waals surface area contributed by atoms with E-state index in [9.17, 15) is 14.7 Å². The fraction of sp³-hybridized carbons (Fsp3) is 0.357. The Morgan fingerprint density at radius 2 is 1.96 bits per heavy atom. The van der Waals surface area contributed by atoms with Crippen LogP contribution in [0.2, 0.25) is 0 Å². The standard InChI is InChI=1S/C14H15N5O4/c15-11(14(22)23)9-8(10(9)13(20)21)6-19-17-12(16-18-19)7-4-2-1-3-5-7/h1-5,8-11H,6,15H2,(H,20,21)(H,22,23). The summed E-state index contributed by atoms with van der Waals surface area (Å²) >= 11 is 0. The van der Waals surface area contributed by atoms with Gasteiger partial charge in [0.05, 0.1) is 12.5 Å². The normalized spacial score (nSPS) is 24.1. The molecule has 0 radical (unpaired) electrons. The molecular weight excluding hydrogens is 302 g/mol. The molecule has 23 heavy (non-hydrogen) atoms. The number of carbonyl (C=O) groups is 2. The van der Waals surface area contributed by atoms with Crippen molar-refractivity contribution in [3.05, 3.63) is 30.3 Å². The highest BCUT2D eigenvalue weighted by molar-refractivity contribution is 5.80. The predicted molar refractivity (Wildman–Crippen MR) is 77.0 cm³/mol. The summed E-state index contributed by atoms with van der Waals surface area (Å²) in [4.78, 5) is 23.5. The van der Waals surface area contributed by atoms with E-state index in [2.05, 4.69) is 15.4 Å². The van der Waals surface area contributed by atoms with E-state index in [1.165, 1.54) is 4.80 Å². The van der Waals surface area contributed by atoms with Gasteiger partial charge in [-0.25, -0.2) is 0 Å². The number of aliphatic carboxylic acids is 2. The highest BCUT2D eigenvalue weighted by atomic mass is 16.4. The zero-order valence-electron chi connectivity index (χ0n) is 12.0. The molecule has 9 heteroatoms. The summed E-state index contributed by atoms with van der Waals surface area (Å²) in [5, 5.41) is 30.2. The molecule has 1 heterocycles. The van der Waals surface area contributed by atoms with Gasteiger partial charge in [-0.15, -0.1) is 10.2 Å². The molecule has 120 valence electrons. The molecule has 0 bridgehead atoms. The van der Waals surface area contributed by atoms with Gasteiger partial charge in [0.2, 0.25) is 5.82 Å². The Kier molecular flexibility index (Phi) is 3.78. The number of carboxylic acid groups (broad SMARTS) is 2. The number of nitrogens with two attached hydrogens (primary N) is 1. The van der Waals surface area contributed by atoms with Crippen LogP contribution in [0.4, 0.5) is 0 Å². The molecule has 2 aromatic rings. The number of rotatable bonds is 6. The summed E-state index contributed by atoms with van der Waals surface area (Å²) in [6, 6.07) is 8.02. The SMILES string of the molecule is NC(C(=O)O)C1C(Cn2nnc(-c3ccccc3)n2)C1C(=O)O. The number of carboxylic acids is 2. The minimum absolute atomic E-state index is 0.169. The van der Waals surface area contributed by atoms with Gasteiger partial charge >= 0.3 is 11.9 Å². The predicted octanol–water partition coefficient (Wildman–Crippen LogP) is -0.301. The lowest BCUT2D eigenvalue weighted by Crippen LogP contribution is -2.34. The van der Waals surface area contributed by atoms with Crippen molar-refractivity contribution < 1.29 is 19.8 Å². The third-order valence-corrected chi connectivity index (χ3v) is 4.07. The van der Waals surface area contributed by atoms with Crippen LogP contribution in [-0.2, 0) is 16.1 Å². The summed E-state index contributed by atoms with van der Waals surface area (Å²) in [6.45, 7) is 0.169. The van der Waals surface area contributed by atoms with Crippen molar-refractivity contribution in [3.63, 3.8) is 0 Å². The minimum Gasteiger partial charge on any atom is -0.481 e. The second kappa shape index (κ2) is 5.76. The lowest BCUT2D eigenvalue weighted by molar-refractivity contribution is -0.140. The van der Waals surface area contributed by atoms with Gasteiger partial charge < -0.3 is 15.9 Å². The van der Waals surface area contributed by atoms with Crippen LogP contribution in [0, 0.1) is 17.8 Å². The van der Waals surface area contributed by atoms with E-state index in [0.717, 1.165) is 5.56 Å². The first-order chi connectivity index (χ1) is 11.0. The van der Waals surface area contributed by atoms with Crippen molar-refractivity contribution in [1.29, 1.82) is 0 Å². The number of aromatic nitrogens is 4. The topological polar surface area (TPSA) is 144 Å². The van der Waals surface area contributed by atoms with E-state index in [-0.39, 0.29) is 6.54 Å². The minimum atomic E-state index is -1.21. The molecule has 1 saturated carbocycles. The quantitative estimate of drug-likeness (QED) is 0.658. The van der Waals surface area contributed by atoms with Gasteiger partial charge in [-0.1, -0.05) is 30.3 Å². The van der Waals surface area contributed by atoms with E-state index in [0.29, 0.717) is 5.82 Å². The first kappa shape index (κ1) is 15.1. The average Bonchev–Trinajstić information content (AvgIpc) is 3.04. The molecule has 4 unspecified atom stereocenters. The monoisotopic (exact) mass is 317 g/mol. The van der Waals surface area contributed by atoms with Crippen LogP contribution in [0.5, 0.6) is 0 Å². The number of benzene rings is 1. The van der Waals surface area contributed by atoms with Crippen molar-refractivity contribution in [1.82, 2.24) is 20.2 Å². The van der Waals surface area contributed by atoms with Crippen LogP contribution in [-0.4, -0.2) is 48.4 Å². The zero-order chi connectivity index (χ0) is 16.6. The van der Waals surface area contributed by atoms with E-state index < -0.39 is 35.7 Å². The first-order valence-electron chi connectivity index (χ1n) is 7.03. The second-order valence-electron chi connectivity index (χ2n) is 5.50. The highest BCUT2D eigenvalue weighted by Gasteiger charge is 2.59. The van der Waals surface area contributed by atoms with Gasteiger partial charge in [0.15, 0.2) is 0 Å². The van der Waals surface area contributed by atoms with Crippen LogP contribution in [0.3, 0.4) is 0 Å². The summed E-state index contributed by atoms with van der Waals surface area (Å²) in [7, 11) is 0. The van der Waals surface area contributed by atoms with Gasteiger partial charge in [0, 0.05) is 11.5 Å². The number of hydrogen-bond acceptors (Lipinski definition) is 6. The summed E-state index contributed by atoms with van der Waals surface area (Å²) in [5.41, 5.74) is 6.36. The number of hydrogen-bond donors (Lipinski definition) is 3. The molecule has 4 atom stereocenters. The van der Waals surface area contributed by atoms with Crippen molar-refractivity contribution in [2.24, 2.45) is 23.5 Å². The van der Waals surface area contributed by atoms with Crippen LogP contribution in [0.15, 0.2) is 30.3 Å².